The van der Waals surface area contributed by atoms with E-state index in [2.05, 4.69) is 15.5 Å². The largest absolute Gasteiger partial charge is 0.340 e. The molecular weight excluding hydrogens is 192 g/mol. The Labute approximate surface area is 89.4 Å². The average Bonchev–Trinajstić information content (AvgIpc) is 2.62. The molecule has 0 amide bonds. The molecule has 1 heterocycles. The van der Waals surface area contributed by atoms with Gasteiger partial charge in [0.05, 0.1) is 6.54 Å². The van der Waals surface area contributed by atoms with Gasteiger partial charge < -0.3 is 15.6 Å². The molecule has 1 aliphatic carbocycles. The molecule has 84 valence electrons. The molecule has 5 heteroatoms. The molecule has 1 aromatic rings. The van der Waals surface area contributed by atoms with Crippen LogP contribution < -0.4 is 11.1 Å². The van der Waals surface area contributed by atoms with Gasteiger partial charge in [0.25, 0.3) is 0 Å². The first kappa shape index (κ1) is 10.6. The minimum Gasteiger partial charge on any atom is -0.340 e. The second kappa shape index (κ2) is 4.72. The van der Waals surface area contributed by atoms with Crippen LogP contribution in [0, 0.1) is 6.92 Å². The number of hydrogen-bond donors (Lipinski definition) is 2. The second-order valence-electron chi connectivity index (χ2n) is 4.23. The summed E-state index contributed by atoms with van der Waals surface area (Å²) in [6.07, 6.45) is 4.62. The quantitative estimate of drug-likeness (QED) is 0.769. The molecule has 2 unspecified atom stereocenters. The van der Waals surface area contributed by atoms with Gasteiger partial charge in [0.1, 0.15) is 0 Å². The monoisotopic (exact) mass is 210 g/mol. The van der Waals surface area contributed by atoms with E-state index in [1.165, 1.54) is 12.8 Å². The minimum absolute atomic E-state index is 0.350. The highest BCUT2D eigenvalue weighted by molar-refractivity contribution is 4.86. The summed E-state index contributed by atoms with van der Waals surface area (Å²) >= 11 is 0. The Hall–Kier alpha value is -0.940. The first-order chi connectivity index (χ1) is 7.24. The standard InChI is InChI=1S/C10H18N4O/c1-7-13-10(14-15-7)6-12-9-4-2-3-8(11)5-9/h8-9,12H,2-6,11H2,1H3. The molecule has 3 N–H and O–H groups in total. The van der Waals surface area contributed by atoms with Crippen LogP contribution in [0.4, 0.5) is 0 Å². The van der Waals surface area contributed by atoms with Crippen molar-refractivity contribution >= 4 is 0 Å². The number of nitrogens with zero attached hydrogens (tertiary/aromatic N) is 2. The summed E-state index contributed by atoms with van der Waals surface area (Å²) in [6.45, 7) is 2.47. The highest BCUT2D eigenvalue weighted by Gasteiger charge is 2.18. The minimum atomic E-state index is 0.350. The van der Waals surface area contributed by atoms with Crippen molar-refractivity contribution < 1.29 is 4.52 Å². The lowest BCUT2D eigenvalue weighted by Gasteiger charge is -2.26. The lowest BCUT2D eigenvalue weighted by molar-refractivity contribution is 0.332. The van der Waals surface area contributed by atoms with Crippen molar-refractivity contribution in [1.82, 2.24) is 15.5 Å². The topological polar surface area (TPSA) is 77.0 Å². The summed E-state index contributed by atoms with van der Waals surface area (Å²) in [5.74, 6) is 1.35. The van der Waals surface area contributed by atoms with Crippen molar-refractivity contribution in [3.05, 3.63) is 11.7 Å². The van der Waals surface area contributed by atoms with Crippen LogP contribution in [0.5, 0.6) is 0 Å². The van der Waals surface area contributed by atoms with Crippen LogP contribution in [0.2, 0.25) is 0 Å². The zero-order chi connectivity index (χ0) is 10.7. The number of aryl methyl sites for hydroxylation is 1. The molecule has 0 spiro atoms. The molecule has 1 aromatic heterocycles. The molecule has 15 heavy (non-hydrogen) atoms. The van der Waals surface area contributed by atoms with E-state index in [0.717, 1.165) is 18.7 Å². The first-order valence-electron chi connectivity index (χ1n) is 5.52. The van der Waals surface area contributed by atoms with Crippen LogP contribution in [0.3, 0.4) is 0 Å². The fourth-order valence-electron chi connectivity index (χ4n) is 2.06. The van der Waals surface area contributed by atoms with Crippen molar-refractivity contribution in [3.63, 3.8) is 0 Å². The van der Waals surface area contributed by atoms with Gasteiger partial charge in [0.15, 0.2) is 5.82 Å². The highest BCUT2D eigenvalue weighted by Crippen LogP contribution is 2.17. The molecule has 0 bridgehead atoms. The zero-order valence-electron chi connectivity index (χ0n) is 9.07. The molecule has 1 saturated carbocycles. The van der Waals surface area contributed by atoms with Crippen LogP contribution in [0.15, 0.2) is 4.52 Å². The van der Waals surface area contributed by atoms with Gasteiger partial charge in [0.2, 0.25) is 5.89 Å². The fraction of sp³-hybridized carbons (Fsp3) is 0.800. The maximum Gasteiger partial charge on any atom is 0.223 e. The number of aromatic nitrogens is 2. The summed E-state index contributed by atoms with van der Waals surface area (Å²) in [6, 6.07) is 0.857. The lowest BCUT2D eigenvalue weighted by Crippen LogP contribution is -2.39. The Balaban J connectivity index is 1.77. The Kier molecular flexibility index (Phi) is 3.33. The van der Waals surface area contributed by atoms with E-state index in [4.69, 9.17) is 10.3 Å². The van der Waals surface area contributed by atoms with Crippen LogP contribution in [0.1, 0.15) is 37.4 Å². The van der Waals surface area contributed by atoms with Crippen molar-refractivity contribution in [1.29, 1.82) is 0 Å². The van der Waals surface area contributed by atoms with E-state index in [-0.39, 0.29) is 0 Å². The molecule has 5 nitrogen and oxygen atoms in total. The third-order valence-corrected chi connectivity index (χ3v) is 2.83. The predicted octanol–water partition coefficient (Wildman–Crippen LogP) is 0.738. The van der Waals surface area contributed by atoms with Gasteiger partial charge in [-0.05, 0) is 19.3 Å². The zero-order valence-corrected chi connectivity index (χ0v) is 9.07. The molecule has 2 rings (SSSR count). The molecule has 2 atom stereocenters. The van der Waals surface area contributed by atoms with E-state index in [1.54, 1.807) is 6.92 Å². The van der Waals surface area contributed by atoms with Gasteiger partial charge >= 0.3 is 0 Å². The van der Waals surface area contributed by atoms with Gasteiger partial charge in [-0.15, -0.1) is 0 Å². The van der Waals surface area contributed by atoms with E-state index >= 15 is 0 Å². The number of nitrogens with one attached hydrogen (secondary N) is 1. The van der Waals surface area contributed by atoms with Crippen molar-refractivity contribution in [2.24, 2.45) is 5.73 Å². The molecule has 0 aromatic carbocycles. The van der Waals surface area contributed by atoms with Crippen molar-refractivity contribution in [2.75, 3.05) is 0 Å². The summed E-state index contributed by atoms with van der Waals surface area (Å²) in [4.78, 5) is 4.14. The predicted molar refractivity (Wildman–Crippen MR) is 56.1 cm³/mol. The van der Waals surface area contributed by atoms with Crippen LogP contribution >= 0.6 is 0 Å². The van der Waals surface area contributed by atoms with E-state index in [9.17, 15) is 0 Å². The second-order valence-corrected chi connectivity index (χ2v) is 4.23. The summed E-state index contributed by atoms with van der Waals surface area (Å²) < 4.78 is 4.90. The van der Waals surface area contributed by atoms with Crippen molar-refractivity contribution in [3.8, 4) is 0 Å². The van der Waals surface area contributed by atoms with E-state index < -0.39 is 0 Å². The Morgan fingerprint density at radius 1 is 1.53 bits per heavy atom. The molecule has 0 radical (unpaired) electrons. The van der Waals surface area contributed by atoms with Gasteiger partial charge in [-0.1, -0.05) is 11.6 Å². The molecular formula is C10H18N4O. The van der Waals surface area contributed by atoms with E-state index in [1.807, 2.05) is 0 Å². The highest BCUT2D eigenvalue weighted by atomic mass is 16.5. The third-order valence-electron chi connectivity index (χ3n) is 2.83. The third kappa shape index (κ3) is 3.00. The first-order valence-corrected chi connectivity index (χ1v) is 5.52. The van der Waals surface area contributed by atoms with Gasteiger partial charge in [0, 0.05) is 19.0 Å². The fourth-order valence-corrected chi connectivity index (χ4v) is 2.06. The van der Waals surface area contributed by atoms with Crippen LogP contribution in [-0.4, -0.2) is 22.2 Å². The van der Waals surface area contributed by atoms with Gasteiger partial charge in [-0.3, -0.25) is 0 Å². The molecule has 1 aliphatic rings. The SMILES string of the molecule is Cc1nc(CNC2CCCC(N)C2)no1. The average molecular weight is 210 g/mol. The summed E-state index contributed by atoms with van der Waals surface area (Å²) in [7, 11) is 0. The number of nitrogens with two attached hydrogens (primary N) is 1. The number of rotatable bonds is 3. The summed E-state index contributed by atoms with van der Waals surface area (Å²) in [5, 5.41) is 7.26. The maximum absolute atomic E-state index is 5.91. The molecule has 0 saturated heterocycles. The maximum atomic E-state index is 5.91. The van der Waals surface area contributed by atoms with Gasteiger partial charge in [-0.25, -0.2) is 0 Å². The van der Waals surface area contributed by atoms with Crippen molar-refractivity contribution in [2.45, 2.75) is 51.2 Å². The Bertz CT molecular complexity index is 312. The van der Waals surface area contributed by atoms with Gasteiger partial charge in [-0.2, -0.15) is 4.98 Å². The van der Waals surface area contributed by atoms with Crippen LogP contribution in [-0.2, 0) is 6.54 Å². The van der Waals surface area contributed by atoms with Crippen LogP contribution in [0.25, 0.3) is 0 Å². The smallest absolute Gasteiger partial charge is 0.223 e. The summed E-state index contributed by atoms with van der Waals surface area (Å²) in [5.41, 5.74) is 5.91. The molecule has 0 aliphatic heterocycles. The molecule has 1 fully saturated rings. The normalized spacial score (nSPS) is 26.8. The Morgan fingerprint density at radius 3 is 3.07 bits per heavy atom. The van der Waals surface area contributed by atoms with E-state index in [0.29, 0.717) is 24.5 Å². The number of hydrogen-bond acceptors (Lipinski definition) is 5. The Morgan fingerprint density at radius 2 is 2.40 bits per heavy atom. The lowest BCUT2D eigenvalue weighted by atomic mass is 9.92.